The number of benzene rings is 2. The molecule has 2 aromatic carbocycles. The molecule has 216 valence electrons. The van der Waals surface area contributed by atoms with Crippen LogP contribution in [0, 0.1) is 0 Å². The highest BCUT2D eigenvalue weighted by Gasteiger charge is 2.11. The van der Waals surface area contributed by atoms with Gasteiger partial charge in [0.05, 0.1) is 17.5 Å². The predicted octanol–water partition coefficient (Wildman–Crippen LogP) is 9.60. The monoisotopic (exact) mass is 638 g/mol. The normalized spacial score (nSPS) is 12.6. The Morgan fingerprint density at radius 1 is 0.974 bits per heavy atom. The molecule has 1 aliphatic heterocycles. The summed E-state index contributed by atoms with van der Waals surface area (Å²) in [7, 11) is 0. The first-order valence-electron chi connectivity index (χ1n) is 14.0. The van der Waals surface area contributed by atoms with Crippen LogP contribution >= 0.6 is 40.3 Å². The van der Waals surface area contributed by atoms with Crippen LogP contribution in [-0.4, -0.2) is 29.9 Å². The van der Waals surface area contributed by atoms with Gasteiger partial charge >= 0.3 is 0 Å². The lowest BCUT2D eigenvalue weighted by atomic mass is 10.1. The first kappa shape index (κ1) is 33.4. The number of ether oxygens (including phenoxy) is 2. The van der Waals surface area contributed by atoms with Crippen molar-refractivity contribution < 1.29 is 14.3 Å². The van der Waals surface area contributed by atoms with Gasteiger partial charge in [-0.2, -0.15) is 0 Å². The number of thioether (sulfide) groups is 1. The molecule has 5 nitrogen and oxygen atoms in total. The Balaban J connectivity index is 0.00000533. The molecular weight excluding hydrogens is 596 g/mol. The fourth-order valence-electron chi connectivity index (χ4n) is 4.39. The van der Waals surface area contributed by atoms with Gasteiger partial charge in [-0.1, -0.05) is 88.4 Å². The smallest absolute Gasteiger partial charge is 0.262 e. The first-order chi connectivity index (χ1) is 18.5. The summed E-state index contributed by atoms with van der Waals surface area (Å²) in [6.07, 6.45) is 15.0. The fourth-order valence-corrected chi connectivity index (χ4v) is 5.32. The molecule has 0 aromatic heterocycles. The van der Waals surface area contributed by atoms with Crippen molar-refractivity contribution in [3.63, 3.8) is 0 Å². The largest absolute Gasteiger partial charge is 0.492 e. The van der Waals surface area contributed by atoms with Crippen molar-refractivity contribution in [2.45, 2.75) is 84.6 Å². The molecule has 2 aromatic rings. The number of hydrogen-bond donors (Lipinski definition) is 1. The minimum absolute atomic E-state index is 0. The zero-order valence-corrected chi connectivity index (χ0v) is 26.7. The van der Waals surface area contributed by atoms with Crippen molar-refractivity contribution in [3.05, 3.63) is 64.2 Å². The minimum Gasteiger partial charge on any atom is -0.492 e. The minimum atomic E-state index is -0.211. The maximum Gasteiger partial charge on any atom is 0.262 e. The zero-order chi connectivity index (χ0) is 27.0. The molecule has 1 N–H and O–H groups in total. The van der Waals surface area contributed by atoms with E-state index in [1.165, 1.54) is 56.3 Å². The molecule has 0 saturated heterocycles. The number of rotatable bonds is 18. The molecule has 0 spiro atoms. The number of nitrogens with zero attached hydrogens (tertiary/aromatic N) is 1. The molecule has 39 heavy (non-hydrogen) atoms. The number of allylic oxidation sites excluding steroid dienone is 1. The second-order valence-electron chi connectivity index (χ2n) is 9.92. The summed E-state index contributed by atoms with van der Waals surface area (Å²) >= 11 is 8.16. The van der Waals surface area contributed by atoms with Gasteiger partial charge in [-0.05, 0) is 48.1 Å². The molecule has 8 heteroatoms. The highest BCUT2D eigenvalue weighted by Crippen LogP contribution is 2.29. The highest BCUT2D eigenvalue weighted by molar-refractivity contribution is 8.93. The summed E-state index contributed by atoms with van der Waals surface area (Å²) in [6, 6.07) is 13.2. The van der Waals surface area contributed by atoms with E-state index in [-0.39, 0.29) is 29.5 Å². The van der Waals surface area contributed by atoms with Gasteiger partial charge in [0.1, 0.15) is 11.5 Å². The molecule has 0 saturated carbocycles. The molecular formula is C31H44BrClN2O3S. The molecule has 1 heterocycles. The van der Waals surface area contributed by atoms with E-state index in [0.29, 0.717) is 23.1 Å². The third-order valence-corrected chi connectivity index (χ3v) is 7.78. The van der Waals surface area contributed by atoms with Gasteiger partial charge in [0, 0.05) is 24.5 Å². The van der Waals surface area contributed by atoms with E-state index >= 15 is 0 Å². The molecule has 0 fully saturated rings. The molecule has 0 radical (unpaired) electrons. The van der Waals surface area contributed by atoms with E-state index in [0.717, 1.165) is 36.5 Å². The fraction of sp³-hybridized carbons (Fsp3) is 0.516. The number of nitrogens with one attached hydrogen (secondary N) is 1. The predicted molar refractivity (Wildman–Crippen MR) is 171 cm³/mol. The number of halogens is 2. The van der Waals surface area contributed by atoms with Gasteiger partial charge in [-0.15, -0.1) is 28.7 Å². The summed E-state index contributed by atoms with van der Waals surface area (Å²) in [4.78, 5) is 16.1. The topological polar surface area (TPSA) is 50.8 Å². The highest BCUT2D eigenvalue weighted by atomic mass is 79.9. The Bertz CT molecular complexity index is 1040. The lowest BCUT2D eigenvalue weighted by molar-refractivity contribution is -0.118. The van der Waals surface area contributed by atoms with Gasteiger partial charge in [0.15, 0.2) is 6.61 Å². The van der Waals surface area contributed by atoms with Crippen LogP contribution in [-0.2, 0) is 11.3 Å². The van der Waals surface area contributed by atoms with Crippen molar-refractivity contribution >= 4 is 51.9 Å². The van der Waals surface area contributed by atoms with Gasteiger partial charge in [0.25, 0.3) is 5.91 Å². The number of amides is 1. The van der Waals surface area contributed by atoms with E-state index in [4.69, 9.17) is 21.1 Å². The third kappa shape index (κ3) is 13.4. The maximum atomic E-state index is 12.5. The summed E-state index contributed by atoms with van der Waals surface area (Å²) in [5.41, 5.74) is 1.91. The van der Waals surface area contributed by atoms with Crippen LogP contribution in [0.2, 0.25) is 5.02 Å². The first-order valence-corrected chi connectivity index (χ1v) is 15.4. The van der Waals surface area contributed by atoms with E-state index in [9.17, 15) is 4.79 Å². The lowest BCUT2D eigenvalue weighted by Crippen LogP contribution is -2.20. The van der Waals surface area contributed by atoms with Gasteiger partial charge in [-0.25, -0.2) is 0 Å². The Morgan fingerprint density at radius 3 is 2.38 bits per heavy atom. The maximum absolute atomic E-state index is 12.5. The van der Waals surface area contributed by atoms with Gasteiger partial charge in [-0.3, -0.25) is 4.79 Å². The van der Waals surface area contributed by atoms with Crippen LogP contribution in [0.3, 0.4) is 0 Å². The number of unbranched alkanes of at least 4 members (excludes halogenated alkanes) is 9. The standard InChI is InChI=1S/C31H43ClN2O3S.BrH/c1-3-4-5-6-7-8-9-10-11-12-18-36-30-20-28(16-17-29(30)32)37-23-31(35)33-27-15-13-14-26(19-27)22-34-21-25(2)38-24-34;/h13-17,19-21H,3-12,18,22-24H2,1-2H3,(H,33,35);1H. The lowest BCUT2D eigenvalue weighted by Gasteiger charge is -2.15. The molecule has 0 aliphatic carbocycles. The number of carbonyl (C=O) groups is 1. The van der Waals surface area contributed by atoms with Crippen molar-refractivity contribution in [1.82, 2.24) is 4.90 Å². The number of hydrogen-bond acceptors (Lipinski definition) is 5. The van der Waals surface area contributed by atoms with Gasteiger partial charge in [0.2, 0.25) is 0 Å². The van der Waals surface area contributed by atoms with E-state index in [1.54, 1.807) is 18.2 Å². The molecule has 0 atom stereocenters. The average molecular weight is 640 g/mol. The molecule has 0 unspecified atom stereocenters. The van der Waals surface area contributed by atoms with Crippen LogP contribution in [0.1, 0.15) is 83.6 Å². The van der Waals surface area contributed by atoms with Crippen LogP contribution in [0.25, 0.3) is 0 Å². The Hall–Kier alpha value is -1.83. The second kappa shape index (κ2) is 19.3. The Morgan fingerprint density at radius 2 is 1.69 bits per heavy atom. The number of carbonyl (C=O) groups excluding carboxylic acids is 1. The van der Waals surface area contributed by atoms with Crippen LogP contribution < -0.4 is 14.8 Å². The third-order valence-electron chi connectivity index (χ3n) is 6.45. The van der Waals surface area contributed by atoms with Crippen LogP contribution in [0.5, 0.6) is 11.5 Å². The molecule has 0 bridgehead atoms. The van der Waals surface area contributed by atoms with E-state index < -0.39 is 0 Å². The summed E-state index contributed by atoms with van der Waals surface area (Å²) in [5, 5.41) is 3.48. The average Bonchev–Trinajstić information content (AvgIpc) is 3.31. The van der Waals surface area contributed by atoms with Crippen molar-refractivity contribution in [2.24, 2.45) is 0 Å². The summed E-state index contributed by atoms with van der Waals surface area (Å²) in [6.45, 7) is 5.73. The molecule has 1 aliphatic rings. The Kier molecular flexibility index (Phi) is 16.5. The Labute approximate surface area is 254 Å². The zero-order valence-electron chi connectivity index (χ0n) is 23.4. The summed E-state index contributed by atoms with van der Waals surface area (Å²) in [5.74, 6) is 1.91. The summed E-state index contributed by atoms with van der Waals surface area (Å²) < 4.78 is 11.6. The van der Waals surface area contributed by atoms with Gasteiger partial charge < -0.3 is 19.7 Å². The van der Waals surface area contributed by atoms with Crippen molar-refractivity contribution in [2.75, 3.05) is 24.4 Å². The van der Waals surface area contributed by atoms with Crippen LogP contribution in [0.15, 0.2) is 53.6 Å². The second-order valence-corrected chi connectivity index (χ2v) is 11.5. The van der Waals surface area contributed by atoms with Crippen LogP contribution in [0.4, 0.5) is 5.69 Å². The van der Waals surface area contributed by atoms with Crippen molar-refractivity contribution in [1.29, 1.82) is 0 Å². The van der Waals surface area contributed by atoms with E-state index in [2.05, 4.69) is 36.3 Å². The SMILES string of the molecule is Br.CCCCCCCCCCCCOc1cc(OCC(=O)Nc2cccc(CN3C=C(C)SC3)c2)ccc1Cl. The van der Waals surface area contributed by atoms with Crippen molar-refractivity contribution in [3.8, 4) is 11.5 Å². The number of anilines is 1. The quantitative estimate of drug-likeness (QED) is 0.165. The molecule has 3 rings (SSSR count). The van der Waals surface area contributed by atoms with E-state index in [1.807, 2.05) is 30.0 Å². The molecule has 1 amide bonds.